The Morgan fingerprint density at radius 3 is 2.30 bits per heavy atom. The van der Waals surface area contributed by atoms with E-state index in [4.69, 9.17) is 9.84 Å². The molecule has 2 aromatic rings. The Bertz CT molecular complexity index is 1020. The maximum atomic E-state index is 12.9. The molecular weight excluding hydrogens is 388 g/mol. The number of nitrogens with zero attached hydrogens (tertiary/aromatic N) is 1. The Balaban J connectivity index is 1.85. The molecule has 1 unspecified atom stereocenters. The van der Waals surface area contributed by atoms with Crippen LogP contribution < -0.4 is 15.0 Å². The zero-order valence-corrected chi connectivity index (χ0v) is 16.4. The maximum absolute atomic E-state index is 12.9. The number of carbonyl (C=O) groups is 4. The number of amides is 4. The van der Waals surface area contributed by atoms with Crippen molar-refractivity contribution >= 4 is 35.6 Å². The van der Waals surface area contributed by atoms with Gasteiger partial charge < -0.3 is 9.84 Å². The minimum atomic E-state index is -1.10. The van der Waals surface area contributed by atoms with E-state index in [1.807, 2.05) is 19.1 Å². The summed E-state index contributed by atoms with van der Waals surface area (Å²) in [7, 11) is 0. The van der Waals surface area contributed by atoms with Gasteiger partial charge in [-0.15, -0.1) is 0 Å². The van der Waals surface area contributed by atoms with E-state index in [0.29, 0.717) is 17.0 Å². The van der Waals surface area contributed by atoms with Crippen molar-refractivity contribution < 1.29 is 29.0 Å². The molecule has 154 valence electrons. The van der Waals surface area contributed by atoms with Gasteiger partial charge in [-0.3, -0.25) is 14.9 Å². The van der Waals surface area contributed by atoms with Gasteiger partial charge in [-0.05, 0) is 54.8 Å². The number of aliphatic carboxylic acids is 1. The molecule has 2 N–H and O–H groups in total. The molecule has 4 amide bonds. The van der Waals surface area contributed by atoms with Crippen molar-refractivity contribution in [2.45, 2.75) is 26.4 Å². The minimum Gasteiger partial charge on any atom is -0.479 e. The number of carboxylic acids is 1. The fourth-order valence-corrected chi connectivity index (χ4v) is 2.84. The molecule has 3 rings (SSSR count). The smallest absolute Gasteiger partial charge is 0.344 e. The van der Waals surface area contributed by atoms with Crippen molar-refractivity contribution in [2.24, 2.45) is 0 Å². The predicted octanol–water partition coefficient (Wildman–Crippen LogP) is 2.77. The van der Waals surface area contributed by atoms with Crippen LogP contribution >= 0.6 is 0 Å². The summed E-state index contributed by atoms with van der Waals surface area (Å²) in [6.45, 7) is 3.40. The van der Waals surface area contributed by atoms with Crippen LogP contribution in [-0.2, 0) is 20.8 Å². The fraction of sp³-hybridized carbons (Fsp3) is 0.182. The number of rotatable bonds is 6. The minimum absolute atomic E-state index is 0.193. The topological polar surface area (TPSA) is 113 Å². The van der Waals surface area contributed by atoms with E-state index < -0.39 is 29.9 Å². The Labute approximate surface area is 172 Å². The zero-order valence-electron chi connectivity index (χ0n) is 16.4. The lowest BCUT2D eigenvalue weighted by molar-refractivity contribution is -0.144. The van der Waals surface area contributed by atoms with Crippen molar-refractivity contribution in [3.63, 3.8) is 0 Å². The van der Waals surface area contributed by atoms with Crippen LogP contribution in [0.3, 0.4) is 0 Å². The number of hydrogen-bond donors (Lipinski definition) is 2. The standard InChI is InChI=1S/C22H20N2O6/c1-3-14-4-8-16(9-5-14)24-20(26)18(19(25)23-22(24)29)12-15-6-10-17(11-7-15)30-13(2)21(27)28/h4-13H,3H2,1-2H3,(H,27,28)(H,23,25,29). The fourth-order valence-electron chi connectivity index (χ4n) is 2.84. The first-order chi connectivity index (χ1) is 14.3. The molecule has 1 heterocycles. The molecular formula is C22H20N2O6. The third kappa shape index (κ3) is 4.38. The number of aryl methyl sites for hydroxylation is 1. The third-order valence-corrected chi connectivity index (χ3v) is 4.56. The van der Waals surface area contributed by atoms with E-state index in [1.54, 1.807) is 24.3 Å². The molecule has 0 bridgehead atoms. The summed E-state index contributed by atoms with van der Waals surface area (Å²) in [6, 6.07) is 12.3. The average molecular weight is 408 g/mol. The molecule has 1 aliphatic rings. The Morgan fingerprint density at radius 2 is 1.73 bits per heavy atom. The second-order valence-corrected chi connectivity index (χ2v) is 6.65. The van der Waals surface area contributed by atoms with E-state index in [2.05, 4.69) is 5.32 Å². The van der Waals surface area contributed by atoms with Gasteiger partial charge in [-0.2, -0.15) is 0 Å². The summed E-state index contributed by atoms with van der Waals surface area (Å²) >= 11 is 0. The molecule has 8 heteroatoms. The third-order valence-electron chi connectivity index (χ3n) is 4.56. The largest absolute Gasteiger partial charge is 0.479 e. The number of benzene rings is 2. The van der Waals surface area contributed by atoms with Crippen LogP contribution in [0.4, 0.5) is 10.5 Å². The predicted molar refractivity (Wildman–Crippen MR) is 109 cm³/mol. The van der Waals surface area contributed by atoms with Crippen molar-refractivity contribution in [3.05, 3.63) is 65.2 Å². The Kier molecular flexibility index (Phi) is 5.96. The molecule has 8 nitrogen and oxygen atoms in total. The van der Waals surface area contributed by atoms with Crippen molar-refractivity contribution in [1.82, 2.24) is 5.32 Å². The quantitative estimate of drug-likeness (QED) is 0.561. The Hall–Kier alpha value is -3.94. The first-order valence-corrected chi connectivity index (χ1v) is 9.30. The normalized spacial score (nSPS) is 16.4. The van der Waals surface area contributed by atoms with Crippen LogP contribution in [0.25, 0.3) is 6.08 Å². The first kappa shape index (κ1) is 20.8. The second-order valence-electron chi connectivity index (χ2n) is 6.65. The van der Waals surface area contributed by atoms with Gasteiger partial charge in [0, 0.05) is 0 Å². The van der Waals surface area contributed by atoms with E-state index in [0.717, 1.165) is 16.9 Å². The van der Waals surface area contributed by atoms with Gasteiger partial charge in [0.25, 0.3) is 11.8 Å². The highest BCUT2D eigenvalue weighted by molar-refractivity contribution is 6.39. The van der Waals surface area contributed by atoms with E-state index >= 15 is 0 Å². The Morgan fingerprint density at radius 1 is 1.10 bits per heavy atom. The number of carbonyl (C=O) groups excluding carboxylic acids is 3. The van der Waals surface area contributed by atoms with Gasteiger partial charge in [0.05, 0.1) is 5.69 Å². The van der Waals surface area contributed by atoms with Gasteiger partial charge in [0.15, 0.2) is 6.10 Å². The SMILES string of the molecule is CCc1ccc(N2C(=O)NC(=O)C(=Cc3ccc(OC(C)C(=O)O)cc3)C2=O)cc1. The molecule has 0 saturated carbocycles. The van der Waals surface area contributed by atoms with E-state index in [9.17, 15) is 19.2 Å². The molecule has 1 fully saturated rings. The summed E-state index contributed by atoms with van der Waals surface area (Å²) in [5.74, 6) is -2.28. The van der Waals surface area contributed by atoms with Crippen LogP contribution in [0.15, 0.2) is 54.1 Å². The molecule has 30 heavy (non-hydrogen) atoms. The van der Waals surface area contributed by atoms with Gasteiger partial charge >= 0.3 is 12.0 Å². The number of ether oxygens (including phenoxy) is 1. The van der Waals surface area contributed by atoms with Gasteiger partial charge in [-0.1, -0.05) is 31.2 Å². The second kappa shape index (κ2) is 8.60. The van der Waals surface area contributed by atoms with Crippen molar-refractivity contribution in [3.8, 4) is 5.75 Å². The molecule has 1 atom stereocenters. The van der Waals surface area contributed by atoms with Gasteiger partial charge in [0.1, 0.15) is 11.3 Å². The number of nitrogens with one attached hydrogen (secondary N) is 1. The number of barbiturate groups is 1. The molecule has 0 aliphatic carbocycles. The highest BCUT2D eigenvalue weighted by Crippen LogP contribution is 2.23. The summed E-state index contributed by atoms with van der Waals surface area (Å²) < 4.78 is 5.25. The van der Waals surface area contributed by atoms with E-state index in [-0.39, 0.29) is 5.57 Å². The number of urea groups is 1. The lowest BCUT2D eigenvalue weighted by Crippen LogP contribution is -2.54. The van der Waals surface area contributed by atoms with Crippen molar-refractivity contribution in [2.75, 3.05) is 4.90 Å². The van der Waals surface area contributed by atoms with Gasteiger partial charge in [-0.25, -0.2) is 14.5 Å². The number of carboxylic acid groups (broad SMARTS) is 1. The highest BCUT2D eigenvalue weighted by Gasteiger charge is 2.36. The molecule has 2 aromatic carbocycles. The molecule has 1 saturated heterocycles. The first-order valence-electron chi connectivity index (χ1n) is 9.30. The molecule has 1 aliphatic heterocycles. The van der Waals surface area contributed by atoms with Crippen LogP contribution in [0.5, 0.6) is 5.75 Å². The lowest BCUT2D eigenvalue weighted by atomic mass is 10.1. The van der Waals surface area contributed by atoms with Crippen LogP contribution in [0.2, 0.25) is 0 Å². The van der Waals surface area contributed by atoms with Crippen molar-refractivity contribution in [1.29, 1.82) is 0 Å². The molecule has 0 spiro atoms. The zero-order chi connectivity index (χ0) is 21.8. The van der Waals surface area contributed by atoms with Crippen LogP contribution in [-0.4, -0.2) is 35.0 Å². The van der Waals surface area contributed by atoms with Gasteiger partial charge in [0.2, 0.25) is 0 Å². The molecule has 0 radical (unpaired) electrons. The van der Waals surface area contributed by atoms with Crippen LogP contribution in [0, 0.1) is 0 Å². The average Bonchev–Trinajstić information content (AvgIpc) is 2.72. The summed E-state index contributed by atoms with van der Waals surface area (Å²) in [4.78, 5) is 49.2. The summed E-state index contributed by atoms with van der Waals surface area (Å²) in [5, 5.41) is 11.1. The number of anilines is 1. The lowest BCUT2D eigenvalue weighted by Gasteiger charge is -2.26. The monoisotopic (exact) mass is 408 g/mol. The number of imide groups is 2. The highest BCUT2D eigenvalue weighted by atomic mass is 16.5. The van der Waals surface area contributed by atoms with E-state index in [1.165, 1.54) is 25.1 Å². The summed E-state index contributed by atoms with van der Waals surface area (Å²) in [6.07, 6.45) is 1.16. The summed E-state index contributed by atoms with van der Waals surface area (Å²) in [5.41, 5.74) is 1.73. The van der Waals surface area contributed by atoms with Crippen LogP contribution in [0.1, 0.15) is 25.0 Å². The molecule has 0 aromatic heterocycles. The maximum Gasteiger partial charge on any atom is 0.344 e. The number of hydrogen-bond acceptors (Lipinski definition) is 5.